The second-order valence-electron chi connectivity index (χ2n) is 4.86. The number of hydrogen-bond donors (Lipinski definition) is 1. The zero-order chi connectivity index (χ0) is 13.0. The van der Waals surface area contributed by atoms with Crippen LogP contribution >= 0.6 is 0 Å². The van der Waals surface area contributed by atoms with Crippen LogP contribution in [0, 0.1) is 11.8 Å². The number of nitrogens with zero attached hydrogens (tertiary/aromatic N) is 2. The Bertz CT molecular complexity index is 291. The number of carboxylic acid groups (broad SMARTS) is 1. The van der Waals surface area contributed by atoms with Gasteiger partial charge >= 0.3 is 5.97 Å². The second kappa shape index (κ2) is 6.00. The zero-order valence-corrected chi connectivity index (χ0v) is 10.8. The maximum atomic E-state index is 12.0. The maximum absolute atomic E-state index is 12.0. The van der Waals surface area contributed by atoms with Gasteiger partial charge in [0.1, 0.15) is 0 Å². The summed E-state index contributed by atoms with van der Waals surface area (Å²) in [5.74, 6) is -1.54. The van der Waals surface area contributed by atoms with Gasteiger partial charge in [-0.2, -0.15) is 0 Å². The Balaban J connectivity index is 2.35. The molecule has 5 heteroatoms. The van der Waals surface area contributed by atoms with Gasteiger partial charge in [-0.25, -0.2) is 0 Å². The molecule has 0 aromatic carbocycles. The van der Waals surface area contributed by atoms with Crippen LogP contribution in [0.4, 0.5) is 0 Å². The molecule has 0 heterocycles. The summed E-state index contributed by atoms with van der Waals surface area (Å²) in [4.78, 5) is 26.5. The van der Waals surface area contributed by atoms with Crippen LogP contribution in [-0.2, 0) is 9.59 Å². The van der Waals surface area contributed by atoms with Crippen molar-refractivity contribution < 1.29 is 14.7 Å². The van der Waals surface area contributed by atoms with Gasteiger partial charge < -0.3 is 14.9 Å². The van der Waals surface area contributed by atoms with Crippen LogP contribution < -0.4 is 0 Å². The zero-order valence-electron chi connectivity index (χ0n) is 10.8. The van der Waals surface area contributed by atoms with E-state index in [4.69, 9.17) is 5.11 Å². The van der Waals surface area contributed by atoms with Gasteiger partial charge in [0.25, 0.3) is 0 Å². The van der Waals surface area contributed by atoms with Crippen LogP contribution in [0.25, 0.3) is 0 Å². The Labute approximate surface area is 102 Å². The molecular formula is C12H22N2O3. The molecule has 0 aliphatic heterocycles. The number of amides is 1. The van der Waals surface area contributed by atoms with Crippen LogP contribution in [0.15, 0.2) is 0 Å². The van der Waals surface area contributed by atoms with Crippen molar-refractivity contribution in [3.63, 3.8) is 0 Å². The number of rotatable bonds is 7. The van der Waals surface area contributed by atoms with Gasteiger partial charge in [-0.15, -0.1) is 0 Å². The molecule has 0 bridgehead atoms. The third-order valence-electron chi connectivity index (χ3n) is 3.15. The first-order chi connectivity index (χ1) is 7.97. The van der Waals surface area contributed by atoms with Crippen LogP contribution in [0.2, 0.25) is 0 Å². The summed E-state index contributed by atoms with van der Waals surface area (Å²) in [5, 5.41) is 8.80. The van der Waals surface area contributed by atoms with E-state index in [1.54, 1.807) is 4.90 Å². The Morgan fingerprint density at radius 1 is 1.24 bits per heavy atom. The SMILES string of the molecule is CCN(CCCN(C)C)C(=O)C1CC1C(=O)O. The average Bonchev–Trinajstić information content (AvgIpc) is 3.03. The lowest BCUT2D eigenvalue weighted by Gasteiger charge is -2.21. The average molecular weight is 242 g/mol. The fourth-order valence-electron chi connectivity index (χ4n) is 1.98. The molecule has 1 aliphatic carbocycles. The van der Waals surface area contributed by atoms with E-state index in [0.717, 1.165) is 19.5 Å². The molecule has 0 radical (unpaired) electrons. The number of hydrogen-bond acceptors (Lipinski definition) is 3. The Kier molecular flexibility index (Phi) is 4.93. The standard InChI is InChI=1S/C12H22N2O3/c1-4-14(7-5-6-13(2)3)11(15)9-8-10(9)12(16)17/h9-10H,4-8H2,1-3H3,(H,16,17). The van der Waals surface area contributed by atoms with E-state index < -0.39 is 11.9 Å². The van der Waals surface area contributed by atoms with Crippen LogP contribution in [0.1, 0.15) is 19.8 Å². The van der Waals surface area contributed by atoms with Gasteiger partial charge in [0.05, 0.1) is 11.8 Å². The number of carbonyl (C=O) groups excluding carboxylic acids is 1. The van der Waals surface area contributed by atoms with E-state index >= 15 is 0 Å². The van der Waals surface area contributed by atoms with Gasteiger partial charge in [0.2, 0.25) is 5.91 Å². The minimum atomic E-state index is -0.840. The summed E-state index contributed by atoms with van der Waals surface area (Å²) in [6.45, 7) is 4.26. The lowest BCUT2D eigenvalue weighted by molar-refractivity contribution is -0.142. The van der Waals surface area contributed by atoms with Gasteiger partial charge in [-0.05, 0) is 40.4 Å². The van der Waals surface area contributed by atoms with Crippen molar-refractivity contribution in [3.8, 4) is 0 Å². The molecule has 1 N–H and O–H groups in total. The van der Waals surface area contributed by atoms with Gasteiger partial charge in [0, 0.05) is 13.1 Å². The molecule has 0 saturated heterocycles. The molecule has 5 nitrogen and oxygen atoms in total. The van der Waals surface area contributed by atoms with Crippen molar-refractivity contribution in [2.24, 2.45) is 11.8 Å². The Morgan fingerprint density at radius 2 is 1.88 bits per heavy atom. The Morgan fingerprint density at radius 3 is 2.29 bits per heavy atom. The quantitative estimate of drug-likeness (QED) is 0.706. The number of aliphatic carboxylic acids is 1. The molecule has 1 amide bonds. The summed E-state index contributed by atoms with van der Waals surface area (Å²) < 4.78 is 0. The summed E-state index contributed by atoms with van der Waals surface area (Å²) in [6, 6.07) is 0. The van der Waals surface area contributed by atoms with Crippen molar-refractivity contribution >= 4 is 11.9 Å². The lowest BCUT2D eigenvalue weighted by Crippen LogP contribution is -2.35. The molecule has 0 aromatic rings. The summed E-state index contributed by atoms with van der Waals surface area (Å²) in [7, 11) is 4.00. The van der Waals surface area contributed by atoms with E-state index in [9.17, 15) is 9.59 Å². The molecule has 1 aliphatic rings. The normalized spacial score (nSPS) is 22.6. The molecule has 2 atom stereocenters. The predicted octanol–water partition coefficient (Wildman–Crippen LogP) is 0.507. The highest BCUT2D eigenvalue weighted by atomic mass is 16.4. The molecular weight excluding hydrogens is 220 g/mol. The highest BCUT2D eigenvalue weighted by Crippen LogP contribution is 2.40. The molecule has 0 aromatic heterocycles. The molecule has 0 spiro atoms. The van der Waals surface area contributed by atoms with Crippen LogP contribution in [0.5, 0.6) is 0 Å². The van der Waals surface area contributed by atoms with E-state index in [1.165, 1.54) is 0 Å². The highest BCUT2D eigenvalue weighted by Gasteiger charge is 2.49. The van der Waals surface area contributed by atoms with E-state index in [-0.39, 0.29) is 11.8 Å². The Hall–Kier alpha value is -1.10. The van der Waals surface area contributed by atoms with Gasteiger partial charge in [0.15, 0.2) is 0 Å². The van der Waals surface area contributed by atoms with Crippen LogP contribution in [-0.4, -0.2) is 60.5 Å². The molecule has 1 saturated carbocycles. The minimum Gasteiger partial charge on any atom is -0.481 e. The summed E-state index contributed by atoms with van der Waals surface area (Å²) >= 11 is 0. The molecule has 1 rings (SSSR count). The summed E-state index contributed by atoms with van der Waals surface area (Å²) in [5.41, 5.74) is 0. The van der Waals surface area contributed by atoms with E-state index in [0.29, 0.717) is 13.0 Å². The lowest BCUT2D eigenvalue weighted by atomic mass is 10.2. The maximum Gasteiger partial charge on any atom is 0.307 e. The smallest absolute Gasteiger partial charge is 0.307 e. The highest BCUT2D eigenvalue weighted by molar-refractivity contribution is 5.89. The van der Waals surface area contributed by atoms with Crippen molar-refractivity contribution in [3.05, 3.63) is 0 Å². The largest absolute Gasteiger partial charge is 0.481 e. The first-order valence-electron chi connectivity index (χ1n) is 6.13. The summed E-state index contributed by atoms with van der Waals surface area (Å²) in [6.07, 6.45) is 1.44. The number of carboxylic acids is 1. The monoisotopic (exact) mass is 242 g/mol. The molecule has 98 valence electrons. The van der Waals surface area contributed by atoms with Crippen molar-refractivity contribution in [2.75, 3.05) is 33.7 Å². The fourth-order valence-corrected chi connectivity index (χ4v) is 1.98. The predicted molar refractivity (Wildman–Crippen MR) is 64.7 cm³/mol. The number of carbonyl (C=O) groups is 2. The van der Waals surface area contributed by atoms with Gasteiger partial charge in [-0.1, -0.05) is 0 Å². The van der Waals surface area contributed by atoms with E-state index in [2.05, 4.69) is 4.90 Å². The first-order valence-corrected chi connectivity index (χ1v) is 6.13. The third kappa shape index (κ3) is 4.00. The van der Waals surface area contributed by atoms with Crippen molar-refractivity contribution in [2.45, 2.75) is 19.8 Å². The topological polar surface area (TPSA) is 60.9 Å². The molecule has 1 fully saturated rings. The van der Waals surface area contributed by atoms with Crippen LogP contribution in [0.3, 0.4) is 0 Å². The molecule has 2 unspecified atom stereocenters. The third-order valence-corrected chi connectivity index (χ3v) is 3.15. The second-order valence-corrected chi connectivity index (χ2v) is 4.86. The van der Waals surface area contributed by atoms with Crippen molar-refractivity contribution in [1.29, 1.82) is 0 Å². The fraction of sp³-hybridized carbons (Fsp3) is 0.833. The first kappa shape index (κ1) is 14.0. The minimum absolute atomic E-state index is 0.0126. The molecule has 17 heavy (non-hydrogen) atoms. The van der Waals surface area contributed by atoms with Gasteiger partial charge in [-0.3, -0.25) is 9.59 Å². The van der Waals surface area contributed by atoms with E-state index in [1.807, 2.05) is 21.0 Å². The van der Waals surface area contributed by atoms with Crippen molar-refractivity contribution in [1.82, 2.24) is 9.80 Å².